The first kappa shape index (κ1) is 11.9. The van der Waals surface area contributed by atoms with Gasteiger partial charge in [0.05, 0.1) is 0 Å². The van der Waals surface area contributed by atoms with Gasteiger partial charge in [-0.25, -0.2) is 0 Å². The van der Waals surface area contributed by atoms with E-state index in [1.807, 2.05) is 0 Å². The molecule has 0 bridgehead atoms. The van der Waals surface area contributed by atoms with E-state index < -0.39 is 0 Å². The van der Waals surface area contributed by atoms with E-state index in [4.69, 9.17) is 5.73 Å². The number of anilines is 1. The summed E-state index contributed by atoms with van der Waals surface area (Å²) in [6, 6.07) is 6.94. The van der Waals surface area contributed by atoms with Crippen LogP contribution in [0.1, 0.15) is 37.7 Å². The molecule has 2 nitrogen and oxygen atoms in total. The fourth-order valence-electron chi connectivity index (χ4n) is 2.34. The van der Waals surface area contributed by atoms with Gasteiger partial charge < -0.3 is 11.1 Å². The monoisotopic (exact) mass is 282 g/mol. The molecular formula is C13H19BrN2. The van der Waals surface area contributed by atoms with Gasteiger partial charge in [-0.15, -0.1) is 0 Å². The molecule has 3 N–H and O–H groups in total. The summed E-state index contributed by atoms with van der Waals surface area (Å²) in [5, 5.41) is 3.63. The number of hydrogen-bond acceptors (Lipinski definition) is 2. The van der Waals surface area contributed by atoms with E-state index >= 15 is 0 Å². The van der Waals surface area contributed by atoms with Crippen molar-refractivity contribution in [1.29, 1.82) is 0 Å². The molecule has 0 unspecified atom stereocenters. The van der Waals surface area contributed by atoms with Crippen LogP contribution in [0.15, 0.2) is 22.7 Å². The van der Waals surface area contributed by atoms with Crippen LogP contribution in [-0.2, 0) is 6.54 Å². The SMILES string of the molecule is NCc1cc(Br)ccc1NC1CCCCC1. The lowest BCUT2D eigenvalue weighted by Crippen LogP contribution is -2.23. The third-order valence-corrected chi connectivity index (χ3v) is 3.75. The lowest BCUT2D eigenvalue weighted by atomic mass is 9.95. The molecule has 0 atom stereocenters. The fraction of sp³-hybridized carbons (Fsp3) is 0.538. The van der Waals surface area contributed by atoms with Crippen molar-refractivity contribution in [2.45, 2.75) is 44.7 Å². The predicted octanol–water partition coefficient (Wildman–Crippen LogP) is 3.65. The van der Waals surface area contributed by atoms with E-state index in [1.54, 1.807) is 0 Å². The van der Waals surface area contributed by atoms with Crippen LogP contribution in [0.3, 0.4) is 0 Å². The highest BCUT2D eigenvalue weighted by atomic mass is 79.9. The van der Waals surface area contributed by atoms with Gasteiger partial charge in [-0.1, -0.05) is 35.2 Å². The summed E-state index contributed by atoms with van der Waals surface area (Å²) in [4.78, 5) is 0. The van der Waals surface area contributed by atoms with Crippen LogP contribution >= 0.6 is 15.9 Å². The zero-order valence-corrected chi connectivity index (χ0v) is 11.1. The molecule has 0 spiro atoms. The summed E-state index contributed by atoms with van der Waals surface area (Å²) < 4.78 is 1.10. The minimum Gasteiger partial charge on any atom is -0.382 e. The second-order valence-corrected chi connectivity index (χ2v) is 5.40. The van der Waals surface area contributed by atoms with Crippen LogP contribution in [0.25, 0.3) is 0 Å². The summed E-state index contributed by atoms with van der Waals surface area (Å²) in [6.45, 7) is 0.592. The maximum absolute atomic E-state index is 5.76. The average Bonchev–Trinajstić information content (AvgIpc) is 2.33. The lowest BCUT2D eigenvalue weighted by Gasteiger charge is -2.25. The predicted molar refractivity (Wildman–Crippen MR) is 72.5 cm³/mol. The van der Waals surface area contributed by atoms with Crippen LogP contribution in [0, 0.1) is 0 Å². The van der Waals surface area contributed by atoms with E-state index in [0.717, 1.165) is 4.47 Å². The lowest BCUT2D eigenvalue weighted by molar-refractivity contribution is 0.462. The Kier molecular flexibility index (Phi) is 4.24. The van der Waals surface area contributed by atoms with Gasteiger partial charge in [0.2, 0.25) is 0 Å². The number of rotatable bonds is 3. The minimum absolute atomic E-state index is 0.592. The van der Waals surface area contributed by atoms with Gasteiger partial charge in [-0.3, -0.25) is 0 Å². The number of hydrogen-bond donors (Lipinski definition) is 2. The van der Waals surface area contributed by atoms with Crippen molar-refractivity contribution in [3.05, 3.63) is 28.2 Å². The molecule has 1 saturated carbocycles. The summed E-state index contributed by atoms with van der Waals surface area (Å²) in [6.07, 6.45) is 6.68. The Morgan fingerprint density at radius 1 is 1.25 bits per heavy atom. The second kappa shape index (κ2) is 5.69. The summed E-state index contributed by atoms with van der Waals surface area (Å²) in [5.41, 5.74) is 8.16. The van der Waals surface area contributed by atoms with Crippen molar-refractivity contribution in [3.63, 3.8) is 0 Å². The molecule has 0 saturated heterocycles. The molecule has 0 aromatic heterocycles. The van der Waals surface area contributed by atoms with Gasteiger partial charge >= 0.3 is 0 Å². The van der Waals surface area contributed by atoms with Gasteiger partial charge in [-0.05, 0) is 36.6 Å². The van der Waals surface area contributed by atoms with Crippen molar-refractivity contribution in [3.8, 4) is 0 Å². The van der Waals surface area contributed by atoms with Crippen LogP contribution in [0.4, 0.5) is 5.69 Å². The molecule has 0 amide bonds. The maximum Gasteiger partial charge on any atom is 0.0388 e. The molecule has 0 heterocycles. The van der Waals surface area contributed by atoms with Gasteiger partial charge in [0.15, 0.2) is 0 Å². The largest absolute Gasteiger partial charge is 0.382 e. The van der Waals surface area contributed by atoms with Crippen molar-refractivity contribution in [1.82, 2.24) is 0 Å². The quantitative estimate of drug-likeness (QED) is 0.888. The van der Waals surface area contributed by atoms with Crippen LogP contribution in [-0.4, -0.2) is 6.04 Å². The Morgan fingerprint density at radius 3 is 2.69 bits per heavy atom. The Balaban J connectivity index is 2.07. The van der Waals surface area contributed by atoms with Crippen LogP contribution in [0.5, 0.6) is 0 Å². The van der Waals surface area contributed by atoms with E-state index in [2.05, 4.69) is 39.4 Å². The van der Waals surface area contributed by atoms with Gasteiger partial charge in [0.1, 0.15) is 0 Å². The highest BCUT2D eigenvalue weighted by Gasteiger charge is 2.14. The molecule has 1 fully saturated rings. The third kappa shape index (κ3) is 2.98. The Morgan fingerprint density at radius 2 is 2.00 bits per heavy atom. The molecule has 1 aromatic carbocycles. The molecule has 88 valence electrons. The molecule has 1 aliphatic rings. The Labute approximate surface area is 106 Å². The molecule has 3 heteroatoms. The minimum atomic E-state index is 0.592. The highest BCUT2D eigenvalue weighted by molar-refractivity contribution is 9.10. The fourth-order valence-corrected chi connectivity index (χ4v) is 2.75. The van der Waals surface area contributed by atoms with Gasteiger partial charge in [-0.2, -0.15) is 0 Å². The molecular weight excluding hydrogens is 264 g/mol. The number of benzene rings is 1. The maximum atomic E-state index is 5.76. The smallest absolute Gasteiger partial charge is 0.0388 e. The van der Waals surface area contributed by atoms with E-state index in [0.29, 0.717) is 12.6 Å². The van der Waals surface area contributed by atoms with Crippen molar-refractivity contribution in [2.75, 3.05) is 5.32 Å². The Bertz CT molecular complexity index is 346. The van der Waals surface area contributed by atoms with Crippen LogP contribution < -0.4 is 11.1 Å². The third-order valence-electron chi connectivity index (χ3n) is 3.25. The summed E-state index contributed by atoms with van der Waals surface area (Å²) >= 11 is 3.48. The second-order valence-electron chi connectivity index (χ2n) is 4.48. The van der Waals surface area contributed by atoms with Crippen LogP contribution in [0.2, 0.25) is 0 Å². The van der Waals surface area contributed by atoms with Gasteiger partial charge in [0.25, 0.3) is 0 Å². The highest BCUT2D eigenvalue weighted by Crippen LogP contribution is 2.25. The average molecular weight is 283 g/mol. The molecule has 1 aliphatic carbocycles. The number of nitrogens with one attached hydrogen (secondary N) is 1. The molecule has 0 aliphatic heterocycles. The molecule has 0 radical (unpaired) electrons. The van der Waals surface area contributed by atoms with Crippen molar-refractivity contribution >= 4 is 21.6 Å². The summed E-state index contributed by atoms with van der Waals surface area (Å²) in [7, 11) is 0. The van der Waals surface area contributed by atoms with Crippen molar-refractivity contribution in [2.24, 2.45) is 5.73 Å². The first-order chi connectivity index (χ1) is 7.79. The molecule has 16 heavy (non-hydrogen) atoms. The zero-order valence-electron chi connectivity index (χ0n) is 9.51. The number of halogens is 1. The van der Waals surface area contributed by atoms with Crippen molar-refractivity contribution < 1.29 is 0 Å². The van der Waals surface area contributed by atoms with Gasteiger partial charge in [0, 0.05) is 22.7 Å². The van der Waals surface area contributed by atoms with E-state index in [1.165, 1.54) is 43.4 Å². The standard InChI is InChI=1S/C13H19BrN2/c14-11-6-7-13(10(8-11)9-15)16-12-4-2-1-3-5-12/h6-8,12,16H,1-5,9,15H2. The number of nitrogens with two attached hydrogens (primary N) is 1. The molecule has 1 aromatic rings. The Hall–Kier alpha value is -0.540. The zero-order chi connectivity index (χ0) is 11.4. The summed E-state index contributed by atoms with van der Waals surface area (Å²) in [5.74, 6) is 0. The van der Waals surface area contributed by atoms with E-state index in [-0.39, 0.29) is 0 Å². The topological polar surface area (TPSA) is 38.0 Å². The first-order valence-electron chi connectivity index (χ1n) is 6.04. The normalized spacial score (nSPS) is 17.4. The molecule has 2 rings (SSSR count). The van der Waals surface area contributed by atoms with E-state index in [9.17, 15) is 0 Å². The first-order valence-corrected chi connectivity index (χ1v) is 6.84.